The van der Waals surface area contributed by atoms with Gasteiger partial charge in [0, 0.05) is 70.0 Å². The van der Waals surface area contributed by atoms with E-state index in [4.69, 9.17) is 21.4 Å². The Morgan fingerprint density at radius 3 is 2.24 bits per heavy atom. The van der Waals surface area contributed by atoms with Crippen molar-refractivity contribution in [2.24, 2.45) is 5.41 Å². The summed E-state index contributed by atoms with van der Waals surface area (Å²) in [5.74, 6) is -0.214. The van der Waals surface area contributed by atoms with Crippen molar-refractivity contribution in [1.82, 2.24) is 25.1 Å². The molecule has 0 bridgehead atoms. The highest BCUT2D eigenvalue weighted by Crippen LogP contribution is 2.37. The topological polar surface area (TPSA) is 157 Å². The maximum absolute atomic E-state index is 12.9. The van der Waals surface area contributed by atoms with Crippen LogP contribution in [-0.4, -0.2) is 107 Å². The van der Waals surface area contributed by atoms with Crippen molar-refractivity contribution in [3.05, 3.63) is 35.6 Å². The zero-order chi connectivity index (χ0) is 39.1. The van der Waals surface area contributed by atoms with Crippen molar-refractivity contribution >= 4 is 58.7 Å². The number of alkyl carbamates (subject to hydrolysis) is 1. The van der Waals surface area contributed by atoms with Crippen LogP contribution in [0.15, 0.2) is 40.5 Å². The number of hydrogen-bond acceptors (Lipinski definition) is 10. The molecule has 1 aromatic carbocycles. The molecule has 0 spiro atoms. The molecule has 0 saturated carbocycles. The number of unbranched alkanes of at least 4 members (excludes halogenated alkanes) is 5. The van der Waals surface area contributed by atoms with Gasteiger partial charge in [-0.3, -0.25) is 19.3 Å². The minimum atomic E-state index is -0.722. The van der Waals surface area contributed by atoms with E-state index >= 15 is 0 Å². The smallest absolute Gasteiger partial charge is 0.407 e. The molecule has 3 amide bonds. The van der Waals surface area contributed by atoms with Crippen LogP contribution in [0.2, 0.25) is 5.02 Å². The first-order valence-electron chi connectivity index (χ1n) is 19.2. The van der Waals surface area contributed by atoms with Crippen LogP contribution in [0, 0.1) is 5.41 Å². The number of anilines is 2. The molecule has 2 saturated heterocycles. The molecule has 0 radical (unpaired) electrons. The van der Waals surface area contributed by atoms with Crippen LogP contribution in [0.4, 0.5) is 16.3 Å². The summed E-state index contributed by atoms with van der Waals surface area (Å²) in [6.07, 6.45) is 11.5. The summed E-state index contributed by atoms with van der Waals surface area (Å²) in [6, 6.07) is 5.43. The molecule has 3 N–H and O–H groups in total. The SMILES string of the molecule is CC1(CNC(=O)OC(C)(C)C)CCN(c2cnc(Sc3cccc(NC(=O)CCC(=O)N4CCN(CCCCCCCCC(=O)O)CC4)c3Cl)cn2)CC1. The second-order valence-electron chi connectivity index (χ2n) is 15.6. The third-order valence-electron chi connectivity index (χ3n) is 9.83. The standard InChI is InChI=1S/C39H58ClN7O6S/c1-38(2,3)53-37(52)43-28-39(4)17-20-46(21-18-39)31-26-42-33(27-41-31)54-30-13-11-12-29(36(30)40)44-32(48)15-16-34(49)47-24-22-45(23-25-47)19-10-8-6-5-7-9-14-35(50)51/h11-13,26-27H,5-10,14-25,28H2,1-4H3,(H,43,52)(H,44,48)(H,50,51). The molecule has 298 valence electrons. The van der Waals surface area contributed by atoms with Gasteiger partial charge in [0.2, 0.25) is 11.8 Å². The Labute approximate surface area is 329 Å². The lowest BCUT2D eigenvalue weighted by Crippen LogP contribution is -2.48. The lowest BCUT2D eigenvalue weighted by atomic mass is 9.80. The summed E-state index contributed by atoms with van der Waals surface area (Å²) in [5, 5.41) is 15.6. The summed E-state index contributed by atoms with van der Waals surface area (Å²) in [7, 11) is 0. The summed E-state index contributed by atoms with van der Waals surface area (Å²) in [5.41, 5.74) is -0.0801. The summed E-state index contributed by atoms with van der Waals surface area (Å²) in [4.78, 5) is 64.9. The van der Waals surface area contributed by atoms with Crippen LogP contribution in [0.5, 0.6) is 0 Å². The van der Waals surface area contributed by atoms with E-state index in [2.05, 4.69) is 37.3 Å². The molecule has 0 unspecified atom stereocenters. The highest BCUT2D eigenvalue weighted by molar-refractivity contribution is 7.99. The van der Waals surface area contributed by atoms with E-state index in [-0.39, 0.29) is 36.5 Å². The highest BCUT2D eigenvalue weighted by Gasteiger charge is 2.32. The van der Waals surface area contributed by atoms with Gasteiger partial charge >= 0.3 is 12.1 Å². The fourth-order valence-corrected chi connectivity index (χ4v) is 7.58. The Bertz CT molecular complexity index is 1540. The average molecular weight is 788 g/mol. The van der Waals surface area contributed by atoms with E-state index in [1.54, 1.807) is 18.5 Å². The molecular weight excluding hydrogens is 730 g/mol. The molecule has 3 heterocycles. The fourth-order valence-electron chi connectivity index (χ4n) is 6.51. The Kier molecular flexibility index (Phi) is 16.7. The monoisotopic (exact) mass is 787 g/mol. The van der Waals surface area contributed by atoms with Gasteiger partial charge in [-0.05, 0) is 70.5 Å². The third-order valence-corrected chi connectivity index (χ3v) is 11.3. The number of benzene rings is 1. The quantitative estimate of drug-likeness (QED) is 0.133. The molecule has 54 heavy (non-hydrogen) atoms. The van der Waals surface area contributed by atoms with Crippen LogP contribution in [0.3, 0.4) is 0 Å². The van der Waals surface area contributed by atoms with Crippen molar-refractivity contribution in [1.29, 1.82) is 0 Å². The number of ether oxygens (including phenoxy) is 1. The van der Waals surface area contributed by atoms with Gasteiger partial charge in [-0.2, -0.15) is 0 Å². The van der Waals surface area contributed by atoms with Gasteiger partial charge in [0.1, 0.15) is 16.4 Å². The molecule has 1 aromatic heterocycles. The number of piperidine rings is 1. The molecule has 2 aromatic rings. The second kappa shape index (κ2) is 20.9. The summed E-state index contributed by atoms with van der Waals surface area (Å²) < 4.78 is 5.38. The molecule has 13 nitrogen and oxygen atoms in total. The number of carboxylic acid groups (broad SMARTS) is 1. The first kappa shape index (κ1) is 43.1. The predicted molar refractivity (Wildman–Crippen MR) is 212 cm³/mol. The van der Waals surface area contributed by atoms with Crippen molar-refractivity contribution in [3.63, 3.8) is 0 Å². The Morgan fingerprint density at radius 2 is 1.59 bits per heavy atom. The number of rotatable bonds is 18. The van der Waals surface area contributed by atoms with Gasteiger partial charge in [0.15, 0.2) is 0 Å². The second-order valence-corrected chi connectivity index (χ2v) is 17.1. The van der Waals surface area contributed by atoms with E-state index in [0.29, 0.717) is 35.4 Å². The van der Waals surface area contributed by atoms with Crippen molar-refractivity contribution in [2.45, 2.75) is 114 Å². The number of carboxylic acids is 1. The average Bonchev–Trinajstić information content (AvgIpc) is 3.13. The number of carbonyl (C=O) groups is 4. The molecule has 4 rings (SSSR count). The highest BCUT2D eigenvalue weighted by atomic mass is 35.5. The number of amides is 3. The van der Waals surface area contributed by atoms with Gasteiger partial charge in [-0.1, -0.05) is 62.0 Å². The predicted octanol–water partition coefficient (Wildman–Crippen LogP) is 7.09. The Morgan fingerprint density at radius 1 is 0.907 bits per heavy atom. The lowest BCUT2D eigenvalue weighted by molar-refractivity contribution is -0.137. The van der Waals surface area contributed by atoms with Gasteiger partial charge in [0.25, 0.3) is 0 Å². The van der Waals surface area contributed by atoms with Crippen LogP contribution >= 0.6 is 23.4 Å². The summed E-state index contributed by atoms with van der Waals surface area (Å²) in [6.45, 7) is 13.9. The largest absolute Gasteiger partial charge is 0.481 e. The molecule has 0 aliphatic carbocycles. The fraction of sp³-hybridized carbons (Fsp3) is 0.641. The third kappa shape index (κ3) is 14.9. The molecule has 2 aliphatic heterocycles. The van der Waals surface area contributed by atoms with E-state index < -0.39 is 17.7 Å². The van der Waals surface area contributed by atoms with Gasteiger partial charge in [-0.25, -0.2) is 14.8 Å². The number of hydrogen-bond donors (Lipinski definition) is 3. The number of aromatic nitrogens is 2. The van der Waals surface area contributed by atoms with E-state index in [1.807, 2.05) is 37.8 Å². The number of nitrogens with zero attached hydrogens (tertiary/aromatic N) is 5. The summed E-state index contributed by atoms with van der Waals surface area (Å²) >= 11 is 8.08. The number of carbonyl (C=O) groups excluding carboxylic acids is 3. The number of nitrogens with one attached hydrogen (secondary N) is 2. The van der Waals surface area contributed by atoms with E-state index in [1.165, 1.54) is 11.8 Å². The van der Waals surface area contributed by atoms with E-state index in [0.717, 1.165) is 94.8 Å². The minimum absolute atomic E-state index is 0.0163. The van der Waals surface area contributed by atoms with Crippen LogP contribution < -0.4 is 15.5 Å². The number of halogens is 1. The van der Waals surface area contributed by atoms with Gasteiger partial charge < -0.3 is 30.3 Å². The first-order valence-corrected chi connectivity index (χ1v) is 20.4. The first-order chi connectivity index (χ1) is 25.7. The van der Waals surface area contributed by atoms with Crippen LogP contribution in [-0.2, 0) is 19.1 Å². The normalized spacial score (nSPS) is 16.2. The zero-order valence-corrected chi connectivity index (χ0v) is 33.9. The van der Waals surface area contributed by atoms with Crippen molar-refractivity contribution in [3.8, 4) is 0 Å². The molecule has 2 fully saturated rings. The van der Waals surface area contributed by atoms with Crippen molar-refractivity contribution in [2.75, 3.05) is 62.6 Å². The van der Waals surface area contributed by atoms with Crippen molar-refractivity contribution < 1.29 is 29.0 Å². The zero-order valence-electron chi connectivity index (χ0n) is 32.3. The van der Waals surface area contributed by atoms with Gasteiger partial charge in [0.05, 0.1) is 23.1 Å². The molecule has 15 heteroatoms. The maximum atomic E-state index is 12.9. The van der Waals surface area contributed by atoms with Crippen LogP contribution in [0.25, 0.3) is 0 Å². The molecule has 2 aliphatic rings. The lowest BCUT2D eigenvalue weighted by Gasteiger charge is -2.40. The molecular formula is C39H58ClN7O6S. The number of aliphatic carboxylic acids is 1. The Balaban J connectivity index is 1.14. The van der Waals surface area contributed by atoms with E-state index in [9.17, 15) is 19.2 Å². The Hall–Kier alpha value is -3.62. The number of piperazine rings is 1. The van der Waals surface area contributed by atoms with Crippen LogP contribution in [0.1, 0.15) is 98.3 Å². The maximum Gasteiger partial charge on any atom is 0.407 e. The molecule has 0 atom stereocenters. The van der Waals surface area contributed by atoms with Gasteiger partial charge in [-0.15, -0.1) is 0 Å². The minimum Gasteiger partial charge on any atom is -0.481 e.